The third kappa shape index (κ3) is 2.90. The van der Waals surface area contributed by atoms with Crippen LogP contribution in [-0.4, -0.2) is 20.4 Å². The molecule has 0 aliphatic rings. The minimum absolute atomic E-state index is 0.0597. The highest BCUT2D eigenvalue weighted by Crippen LogP contribution is 2.43. The first-order chi connectivity index (χ1) is 11.3. The molecule has 1 heterocycles. The van der Waals surface area contributed by atoms with E-state index < -0.39 is 11.9 Å². The van der Waals surface area contributed by atoms with E-state index in [2.05, 4.69) is 5.10 Å². The second kappa shape index (κ2) is 5.76. The van der Waals surface area contributed by atoms with Gasteiger partial charge in [0.25, 0.3) is 0 Å². The average Bonchev–Trinajstić information content (AvgIpc) is 2.93. The van der Waals surface area contributed by atoms with Crippen molar-refractivity contribution in [3.8, 4) is 33.9 Å². The van der Waals surface area contributed by atoms with Crippen LogP contribution in [0.5, 0.6) is 11.5 Å². The second-order valence-corrected chi connectivity index (χ2v) is 5.46. The number of phenolic OH excluding ortho intramolecular Hbond substituents is 2. The van der Waals surface area contributed by atoms with E-state index in [1.165, 1.54) is 36.4 Å². The van der Waals surface area contributed by atoms with Gasteiger partial charge in [0.1, 0.15) is 22.9 Å². The van der Waals surface area contributed by atoms with Crippen molar-refractivity contribution in [2.24, 2.45) is 0 Å². The van der Waals surface area contributed by atoms with Crippen molar-refractivity contribution in [1.82, 2.24) is 10.2 Å². The van der Waals surface area contributed by atoms with E-state index in [0.717, 1.165) is 6.07 Å². The highest BCUT2D eigenvalue weighted by molar-refractivity contribution is 6.30. The Morgan fingerprint density at radius 1 is 1.00 bits per heavy atom. The molecule has 0 fully saturated rings. The highest BCUT2D eigenvalue weighted by Gasteiger charge is 2.38. The van der Waals surface area contributed by atoms with Gasteiger partial charge in [-0.3, -0.25) is 5.10 Å². The van der Waals surface area contributed by atoms with Crippen molar-refractivity contribution in [3.05, 3.63) is 53.2 Å². The van der Waals surface area contributed by atoms with E-state index in [0.29, 0.717) is 5.02 Å². The number of aromatic nitrogens is 2. The quantitative estimate of drug-likeness (QED) is 0.617. The van der Waals surface area contributed by atoms with Crippen LogP contribution in [0.25, 0.3) is 22.4 Å². The van der Waals surface area contributed by atoms with Gasteiger partial charge in [-0.25, -0.2) is 0 Å². The van der Waals surface area contributed by atoms with E-state index in [1.807, 2.05) is 5.10 Å². The van der Waals surface area contributed by atoms with Crippen LogP contribution in [0.2, 0.25) is 5.02 Å². The number of halogens is 4. The number of alkyl halides is 3. The third-order valence-electron chi connectivity index (χ3n) is 3.42. The first-order valence-corrected chi connectivity index (χ1v) is 7.09. The number of aromatic hydroxyl groups is 2. The van der Waals surface area contributed by atoms with Gasteiger partial charge in [0.15, 0.2) is 0 Å². The molecular formula is C16H10ClF3N2O2. The lowest BCUT2D eigenvalue weighted by Gasteiger charge is -2.10. The lowest BCUT2D eigenvalue weighted by Crippen LogP contribution is -2.07. The monoisotopic (exact) mass is 354 g/mol. The number of nitrogens with zero attached hydrogens (tertiary/aromatic N) is 1. The van der Waals surface area contributed by atoms with Gasteiger partial charge in [-0.05, 0) is 29.8 Å². The largest absolute Gasteiger partial charge is 0.508 e. The van der Waals surface area contributed by atoms with Gasteiger partial charge < -0.3 is 10.2 Å². The smallest absolute Gasteiger partial charge is 0.433 e. The van der Waals surface area contributed by atoms with Crippen LogP contribution in [0.1, 0.15) is 5.69 Å². The zero-order chi connectivity index (χ0) is 17.5. The number of benzene rings is 2. The molecule has 0 saturated heterocycles. The van der Waals surface area contributed by atoms with Gasteiger partial charge >= 0.3 is 6.18 Å². The second-order valence-electron chi connectivity index (χ2n) is 5.03. The van der Waals surface area contributed by atoms with E-state index in [9.17, 15) is 23.4 Å². The van der Waals surface area contributed by atoms with Gasteiger partial charge in [-0.2, -0.15) is 18.3 Å². The fourth-order valence-electron chi connectivity index (χ4n) is 2.36. The van der Waals surface area contributed by atoms with E-state index in [-0.39, 0.29) is 33.9 Å². The predicted molar refractivity (Wildman–Crippen MR) is 82.8 cm³/mol. The SMILES string of the molecule is Oc1ccc(-c2n[nH]c(C(F)(F)F)c2-c2ccc(Cl)cc2)c(O)c1. The number of H-pyrrole nitrogens is 1. The molecule has 1 aromatic heterocycles. The van der Waals surface area contributed by atoms with Crippen LogP contribution >= 0.6 is 11.6 Å². The van der Waals surface area contributed by atoms with E-state index >= 15 is 0 Å². The summed E-state index contributed by atoms with van der Waals surface area (Å²) in [6, 6.07) is 9.37. The Morgan fingerprint density at radius 3 is 2.25 bits per heavy atom. The first-order valence-electron chi connectivity index (χ1n) is 6.71. The molecular weight excluding hydrogens is 345 g/mol. The lowest BCUT2D eigenvalue weighted by molar-refractivity contribution is -0.140. The van der Waals surface area contributed by atoms with Crippen molar-refractivity contribution >= 4 is 11.6 Å². The standard InChI is InChI=1S/C16H10ClF3N2O2/c17-9-3-1-8(2-4-9)13-14(21-22-15(13)16(18,19)20)11-6-5-10(23)7-12(11)24/h1-7,23-24H,(H,21,22). The Kier molecular flexibility index (Phi) is 3.88. The molecule has 0 spiro atoms. The van der Waals surface area contributed by atoms with Crippen molar-refractivity contribution < 1.29 is 23.4 Å². The van der Waals surface area contributed by atoms with E-state index in [4.69, 9.17) is 11.6 Å². The summed E-state index contributed by atoms with van der Waals surface area (Å²) in [6.07, 6.45) is -4.66. The molecule has 4 nitrogen and oxygen atoms in total. The number of aromatic amines is 1. The Bertz CT molecular complexity index is 889. The molecule has 0 unspecified atom stereocenters. The molecule has 3 N–H and O–H groups in total. The number of rotatable bonds is 2. The molecule has 0 aliphatic heterocycles. The van der Waals surface area contributed by atoms with Crippen LogP contribution in [0, 0.1) is 0 Å². The number of nitrogens with one attached hydrogen (secondary N) is 1. The summed E-state index contributed by atoms with van der Waals surface area (Å²) in [5.74, 6) is -0.596. The Hall–Kier alpha value is -2.67. The Labute approximate surface area is 139 Å². The molecule has 0 amide bonds. The zero-order valence-corrected chi connectivity index (χ0v) is 12.7. The van der Waals surface area contributed by atoms with Crippen LogP contribution in [0.4, 0.5) is 13.2 Å². The average molecular weight is 355 g/mol. The van der Waals surface area contributed by atoms with Gasteiger partial charge in [-0.1, -0.05) is 23.7 Å². The maximum atomic E-state index is 13.3. The van der Waals surface area contributed by atoms with Crippen LogP contribution in [-0.2, 0) is 6.18 Å². The number of phenols is 2. The molecule has 0 atom stereocenters. The third-order valence-corrected chi connectivity index (χ3v) is 3.67. The summed E-state index contributed by atoms with van der Waals surface area (Å²) in [4.78, 5) is 0. The maximum absolute atomic E-state index is 13.3. The van der Waals surface area contributed by atoms with Crippen molar-refractivity contribution in [3.63, 3.8) is 0 Å². The van der Waals surface area contributed by atoms with Gasteiger partial charge in [0.05, 0.1) is 0 Å². The van der Waals surface area contributed by atoms with Crippen LogP contribution in [0.15, 0.2) is 42.5 Å². The zero-order valence-electron chi connectivity index (χ0n) is 11.9. The fraction of sp³-hybridized carbons (Fsp3) is 0.0625. The predicted octanol–water partition coefficient (Wildman–Crippen LogP) is 4.83. The topological polar surface area (TPSA) is 69.1 Å². The molecule has 0 saturated carbocycles. The first kappa shape index (κ1) is 16.2. The summed E-state index contributed by atoms with van der Waals surface area (Å²) in [5.41, 5.74) is -1.03. The van der Waals surface area contributed by atoms with Gasteiger partial charge in [-0.15, -0.1) is 0 Å². The van der Waals surface area contributed by atoms with Crippen molar-refractivity contribution in [2.75, 3.05) is 0 Å². The molecule has 0 bridgehead atoms. The van der Waals surface area contributed by atoms with E-state index in [1.54, 1.807) is 0 Å². The van der Waals surface area contributed by atoms with Crippen LogP contribution in [0.3, 0.4) is 0 Å². The number of hydrogen-bond donors (Lipinski definition) is 3. The molecule has 0 radical (unpaired) electrons. The minimum atomic E-state index is -4.66. The molecule has 0 aliphatic carbocycles. The normalized spacial score (nSPS) is 11.7. The van der Waals surface area contributed by atoms with Gasteiger partial charge in [0, 0.05) is 22.2 Å². The summed E-state index contributed by atoms with van der Waals surface area (Å²) in [6.45, 7) is 0. The molecule has 24 heavy (non-hydrogen) atoms. The summed E-state index contributed by atoms with van der Waals surface area (Å²) in [5, 5.41) is 25.4. The molecule has 3 rings (SSSR count). The van der Waals surface area contributed by atoms with Gasteiger partial charge in [0.2, 0.25) is 0 Å². The Morgan fingerprint density at radius 2 is 1.67 bits per heavy atom. The number of hydrogen-bond acceptors (Lipinski definition) is 3. The highest BCUT2D eigenvalue weighted by atomic mass is 35.5. The molecule has 2 aromatic carbocycles. The maximum Gasteiger partial charge on any atom is 0.433 e. The molecule has 3 aromatic rings. The summed E-state index contributed by atoms with van der Waals surface area (Å²) >= 11 is 5.79. The van der Waals surface area contributed by atoms with Crippen molar-refractivity contribution in [2.45, 2.75) is 6.18 Å². The minimum Gasteiger partial charge on any atom is -0.508 e. The Balaban J connectivity index is 2.27. The summed E-state index contributed by atoms with van der Waals surface area (Å²) < 4.78 is 39.9. The van der Waals surface area contributed by atoms with Crippen LogP contribution < -0.4 is 0 Å². The van der Waals surface area contributed by atoms with Crippen molar-refractivity contribution in [1.29, 1.82) is 0 Å². The lowest BCUT2D eigenvalue weighted by atomic mass is 9.98. The molecule has 8 heteroatoms. The summed E-state index contributed by atoms with van der Waals surface area (Å²) in [7, 11) is 0. The fourth-order valence-corrected chi connectivity index (χ4v) is 2.49. The molecule has 124 valence electrons.